The second kappa shape index (κ2) is 6.59. The van der Waals surface area contributed by atoms with Gasteiger partial charge in [0.05, 0.1) is 13.2 Å². The SMILES string of the molecule is COc1ccc2c(c1)CCCC2NCCC1CCCO1. The summed E-state index contributed by atoms with van der Waals surface area (Å²) in [6.45, 7) is 2.01. The predicted octanol–water partition coefficient (Wildman–Crippen LogP) is 3.23. The predicted molar refractivity (Wildman–Crippen MR) is 80.3 cm³/mol. The van der Waals surface area contributed by atoms with E-state index in [2.05, 4.69) is 23.5 Å². The van der Waals surface area contributed by atoms with E-state index < -0.39 is 0 Å². The van der Waals surface area contributed by atoms with Crippen molar-refractivity contribution in [3.8, 4) is 5.75 Å². The molecule has 2 aliphatic rings. The number of methoxy groups -OCH3 is 1. The van der Waals surface area contributed by atoms with Crippen molar-refractivity contribution < 1.29 is 9.47 Å². The van der Waals surface area contributed by atoms with Gasteiger partial charge in [-0.3, -0.25) is 0 Å². The number of hydrogen-bond donors (Lipinski definition) is 1. The number of fused-ring (bicyclic) bond motifs is 1. The molecule has 2 atom stereocenters. The fraction of sp³-hybridized carbons (Fsp3) is 0.647. The largest absolute Gasteiger partial charge is 0.497 e. The fourth-order valence-corrected chi connectivity index (χ4v) is 3.42. The Kier molecular flexibility index (Phi) is 4.58. The van der Waals surface area contributed by atoms with E-state index in [1.54, 1.807) is 7.11 Å². The van der Waals surface area contributed by atoms with Gasteiger partial charge in [0.15, 0.2) is 0 Å². The third-order valence-electron chi connectivity index (χ3n) is 4.55. The summed E-state index contributed by atoms with van der Waals surface area (Å²) in [6.07, 6.45) is 7.78. The lowest BCUT2D eigenvalue weighted by molar-refractivity contribution is 0.103. The molecule has 0 radical (unpaired) electrons. The van der Waals surface area contributed by atoms with E-state index in [9.17, 15) is 0 Å². The van der Waals surface area contributed by atoms with E-state index in [0.717, 1.165) is 25.3 Å². The highest BCUT2D eigenvalue weighted by atomic mass is 16.5. The third-order valence-corrected chi connectivity index (χ3v) is 4.55. The van der Waals surface area contributed by atoms with Crippen molar-refractivity contribution in [3.63, 3.8) is 0 Å². The number of nitrogens with one attached hydrogen (secondary N) is 1. The highest BCUT2D eigenvalue weighted by Gasteiger charge is 2.21. The number of aryl methyl sites for hydroxylation is 1. The van der Waals surface area contributed by atoms with Crippen LogP contribution < -0.4 is 10.1 Å². The molecule has 20 heavy (non-hydrogen) atoms. The van der Waals surface area contributed by atoms with Crippen molar-refractivity contribution in [1.29, 1.82) is 0 Å². The normalized spacial score (nSPS) is 25.4. The molecule has 3 rings (SSSR count). The lowest BCUT2D eigenvalue weighted by Crippen LogP contribution is -2.28. The summed E-state index contributed by atoms with van der Waals surface area (Å²) in [4.78, 5) is 0. The number of hydrogen-bond acceptors (Lipinski definition) is 3. The van der Waals surface area contributed by atoms with Crippen molar-refractivity contribution in [2.45, 2.75) is 50.7 Å². The van der Waals surface area contributed by atoms with Gasteiger partial charge in [-0.1, -0.05) is 6.07 Å². The van der Waals surface area contributed by atoms with Gasteiger partial charge in [0.25, 0.3) is 0 Å². The Labute approximate surface area is 121 Å². The molecular formula is C17H25NO2. The maximum absolute atomic E-state index is 5.69. The average Bonchev–Trinajstić information content (AvgIpc) is 3.00. The first-order valence-corrected chi connectivity index (χ1v) is 7.88. The number of rotatable bonds is 5. The minimum Gasteiger partial charge on any atom is -0.497 e. The van der Waals surface area contributed by atoms with Gasteiger partial charge in [-0.2, -0.15) is 0 Å². The Morgan fingerprint density at radius 2 is 2.25 bits per heavy atom. The molecule has 0 spiro atoms. The summed E-state index contributed by atoms with van der Waals surface area (Å²) in [5.74, 6) is 0.976. The molecule has 1 aromatic carbocycles. The topological polar surface area (TPSA) is 30.5 Å². The standard InChI is InChI=1S/C17H25NO2/c1-19-15-7-8-16-13(12-15)4-2-6-17(16)18-10-9-14-5-3-11-20-14/h7-8,12,14,17-18H,2-6,9-11H2,1H3. The monoisotopic (exact) mass is 275 g/mol. The van der Waals surface area contributed by atoms with Gasteiger partial charge in [0, 0.05) is 12.6 Å². The van der Waals surface area contributed by atoms with Crippen LogP contribution in [0.15, 0.2) is 18.2 Å². The number of ether oxygens (including phenoxy) is 2. The Balaban J connectivity index is 1.58. The third kappa shape index (κ3) is 3.15. The van der Waals surface area contributed by atoms with Crippen LogP contribution in [0.5, 0.6) is 5.75 Å². The van der Waals surface area contributed by atoms with Crippen LogP contribution in [-0.4, -0.2) is 26.4 Å². The maximum Gasteiger partial charge on any atom is 0.119 e. The summed E-state index contributed by atoms with van der Waals surface area (Å²) in [5.41, 5.74) is 2.91. The van der Waals surface area contributed by atoms with Crippen LogP contribution in [0, 0.1) is 0 Å². The zero-order valence-corrected chi connectivity index (χ0v) is 12.4. The summed E-state index contributed by atoms with van der Waals surface area (Å²) in [6, 6.07) is 7.02. The molecule has 0 amide bonds. The van der Waals surface area contributed by atoms with Crippen molar-refractivity contribution in [3.05, 3.63) is 29.3 Å². The minimum absolute atomic E-state index is 0.487. The first-order chi connectivity index (χ1) is 9.86. The van der Waals surface area contributed by atoms with Crippen molar-refractivity contribution in [2.75, 3.05) is 20.3 Å². The molecular weight excluding hydrogens is 250 g/mol. The lowest BCUT2D eigenvalue weighted by atomic mass is 9.87. The van der Waals surface area contributed by atoms with E-state index >= 15 is 0 Å². The van der Waals surface area contributed by atoms with Gasteiger partial charge >= 0.3 is 0 Å². The van der Waals surface area contributed by atoms with Crippen LogP contribution in [0.3, 0.4) is 0 Å². The highest BCUT2D eigenvalue weighted by Crippen LogP contribution is 2.32. The lowest BCUT2D eigenvalue weighted by Gasteiger charge is -2.27. The molecule has 1 fully saturated rings. The maximum atomic E-state index is 5.69. The Morgan fingerprint density at radius 3 is 3.05 bits per heavy atom. The smallest absolute Gasteiger partial charge is 0.119 e. The van der Waals surface area contributed by atoms with E-state index in [1.165, 1.54) is 43.2 Å². The van der Waals surface area contributed by atoms with Crippen molar-refractivity contribution in [2.24, 2.45) is 0 Å². The van der Waals surface area contributed by atoms with E-state index in [0.29, 0.717) is 12.1 Å². The average molecular weight is 275 g/mol. The zero-order valence-electron chi connectivity index (χ0n) is 12.4. The molecule has 1 N–H and O–H groups in total. The second-order valence-corrected chi connectivity index (χ2v) is 5.89. The molecule has 0 aromatic heterocycles. The van der Waals surface area contributed by atoms with Gasteiger partial charge in [0.1, 0.15) is 5.75 Å². The molecule has 0 saturated carbocycles. The van der Waals surface area contributed by atoms with E-state index in [4.69, 9.17) is 9.47 Å². The molecule has 1 aliphatic heterocycles. The van der Waals surface area contributed by atoms with Crippen LogP contribution in [0.25, 0.3) is 0 Å². The van der Waals surface area contributed by atoms with Crippen LogP contribution in [0.1, 0.15) is 49.3 Å². The molecule has 1 saturated heterocycles. The molecule has 110 valence electrons. The molecule has 3 nitrogen and oxygen atoms in total. The molecule has 1 heterocycles. The molecule has 3 heteroatoms. The molecule has 2 unspecified atom stereocenters. The van der Waals surface area contributed by atoms with Crippen molar-refractivity contribution >= 4 is 0 Å². The number of benzene rings is 1. The van der Waals surface area contributed by atoms with Crippen LogP contribution in [0.2, 0.25) is 0 Å². The van der Waals surface area contributed by atoms with Gasteiger partial charge in [-0.05, 0) is 68.3 Å². The van der Waals surface area contributed by atoms with E-state index in [1.807, 2.05) is 0 Å². The van der Waals surface area contributed by atoms with Gasteiger partial charge in [-0.15, -0.1) is 0 Å². The Bertz CT molecular complexity index is 441. The molecule has 1 aromatic rings. The van der Waals surface area contributed by atoms with Gasteiger partial charge < -0.3 is 14.8 Å². The van der Waals surface area contributed by atoms with Gasteiger partial charge in [-0.25, -0.2) is 0 Å². The van der Waals surface area contributed by atoms with Crippen LogP contribution in [0.4, 0.5) is 0 Å². The Morgan fingerprint density at radius 1 is 1.30 bits per heavy atom. The van der Waals surface area contributed by atoms with Gasteiger partial charge in [0.2, 0.25) is 0 Å². The van der Waals surface area contributed by atoms with Crippen molar-refractivity contribution in [1.82, 2.24) is 5.32 Å². The summed E-state index contributed by atoms with van der Waals surface area (Å²) in [7, 11) is 1.74. The zero-order chi connectivity index (χ0) is 13.8. The first-order valence-electron chi connectivity index (χ1n) is 7.88. The summed E-state index contributed by atoms with van der Waals surface area (Å²) in [5, 5.41) is 3.72. The summed E-state index contributed by atoms with van der Waals surface area (Å²) >= 11 is 0. The quantitative estimate of drug-likeness (QED) is 0.895. The van der Waals surface area contributed by atoms with E-state index in [-0.39, 0.29) is 0 Å². The van der Waals surface area contributed by atoms with Crippen LogP contribution >= 0.6 is 0 Å². The molecule has 1 aliphatic carbocycles. The highest BCUT2D eigenvalue weighted by molar-refractivity contribution is 5.39. The molecule has 0 bridgehead atoms. The Hall–Kier alpha value is -1.06. The van der Waals surface area contributed by atoms with Crippen LogP contribution in [-0.2, 0) is 11.2 Å². The first kappa shape index (κ1) is 13.9. The summed E-state index contributed by atoms with van der Waals surface area (Å²) < 4.78 is 11.0. The second-order valence-electron chi connectivity index (χ2n) is 5.89. The fourth-order valence-electron chi connectivity index (χ4n) is 3.42. The minimum atomic E-state index is 0.487.